The van der Waals surface area contributed by atoms with Crippen LogP contribution in [-0.4, -0.2) is 25.5 Å². The molecule has 0 unspecified atom stereocenters. The monoisotopic (exact) mass is 206 g/mol. The van der Waals surface area contributed by atoms with E-state index in [4.69, 9.17) is 9.47 Å². The van der Waals surface area contributed by atoms with Crippen LogP contribution < -0.4 is 10.2 Å². The van der Waals surface area contributed by atoms with Crippen LogP contribution in [0, 0.1) is 0 Å². The molecule has 0 bridgehead atoms. The van der Waals surface area contributed by atoms with Crippen LogP contribution in [0.15, 0.2) is 29.4 Å². The van der Waals surface area contributed by atoms with Crippen molar-refractivity contribution in [3.63, 3.8) is 0 Å². The van der Waals surface area contributed by atoms with Gasteiger partial charge < -0.3 is 9.47 Å². The Labute approximate surface area is 86.7 Å². The van der Waals surface area contributed by atoms with Gasteiger partial charge in [0.05, 0.1) is 7.11 Å². The number of benzene rings is 1. The number of carbonyl (C=O) groups excluding carboxylic acids is 1. The van der Waals surface area contributed by atoms with Crippen LogP contribution in [0.5, 0.6) is 5.75 Å². The lowest BCUT2D eigenvalue weighted by Gasteiger charge is -2.12. The molecule has 1 aromatic rings. The van der Waals surface area contributed by atoms with Crippen molar-refractivity contribution in [1.29, 1.82) is 0 Å². The molecule has 0 saturated heterocycles. The second-order valence-electron chi connectivity index (χ2n) is 2.95. The number of carbonyl (C=O) groups is 1. The quantitative estimate of drug-likeness (QED) is 0.716. The second kappa shape index (κ2) is 4.00. The molecule has 1 aliphatic rings. The van der Waals surface area contributed by atoms with Crippen molar-refractivity contribution in [1.82, 2.24) is 5.43 Å². The predicted octanol–water partition coefficient (Wildman–Crippen LogP) is 0.503. The van der Waals surface area contributed by atoms with Crippen LogP contribution in [0.1, 0.15) is 5.56 Å². The summed E-state index contributed by atoms with van der Waals surface area (Å²) >= 11 is 0. The summed E-state index contributed by atoms with van der Waals surface area (Å²) in [6, 6.07) is 7.11. The number of nitrogens with zero attached hydrogens (tertiary/aromatic N) is 1. The molecule has 1 N–H and O–H groups in total. The molecule has 78 valence electrons. The highest BCUT2D eigenvalue weighted by Crippen LogP contribution is 2.13. The van der Waals surface area contributed by atoms with Crippen molar-refractivity contribution in [2.45, 2.75) is 0 Å². The third-order valence-electron chi connectivity index (χ3n) is 1.95. The van der Waals surface area contributed by atoms with Crippen molar-refractivity contribution in [3.8, 4) is 5.75 Å². The fraction of sp³-hybridized carbons (Fsp3) is 0.200. The Balaban J connectivity index is 2.22. The van der Waals surface area contributed by atoms with Gasteiger partial charge in [0.2, 0.25) is 5.90 Å². The summed E-state index contributed by atoms with van der Waals surface area (Å²) in [7, 11) is 1.59. The van der Waals surface area contributed by atoms with Gasteiger partial charge in [-0.25, -0.2) is 4.79 Å². The highest BCUT2D eigenvalue weighted by molar-refractivity contribution is 6.01. The zero-order valence-electron chi connectivity index (χ0n) is 8.19. The molecule has 0 aromatic heterocycles. The maximum Gasteiger partial charge on any atom is 0.333 e. The maximum absolute atomic E-state index is 11.0. The highest BCUT2D eigenvalue weighted by Gasteiger charge is 2.15. The van der Waals surface area contributed by atoms with E-state index in [1.807, 2.05) is 0 Å². The van der Waals surface area contributed by atoms with Gasteiger partial charge in [-0.15, -0.1) is 5.10 Å². The smallest absolute Gasteiger partial charge is 0.333 e. The molecule has 0 amide bonds. The molecule has 0 atom stereocenters. The van der Waals surface area contributed by atoms with Gasteiger partial charge in [0.25, 0.3) is 0 Å². The van der Waals surface area contributed by atoms with E-state index < -0.39 is 0 Å². The summed E-state index contributed by atoms with van der Waals surface area (Å²) in [6.45, 7) is 0.111. The maximum atomic E-state index is 11.0. The Morgan fingerprint density at radius 3 is 2.73 bits per heavy atom. The predicted molar refractivity (Wildman–Crippen MR) is 53.6 cm³/mol. The second-order valence-corrected chi connectivity index (χ2v) is 2.95. The van der Waals surface area contributed by atoms with Crippen molar-refractivity contribution < 1.29 is 14.3 Å². The van der Waals surface area contributed by atoms with Crippen LogP contribution in [0.3, 0.4) is 0 Å². The average Bonchev–Trinajstić information content (AvgIpc) is 2.29. The molecule has 15 heavy (non-hydrogen) atoms. The lowest BCUT2D eigenvalue weighted by atomic mass is 10.2. The first-order chi connectivity index (χ1) is 7.29. The summed E-state index contributed by atoms with van der Waals surface area (Å²) in [4.78, 5) is 11.0. The van der Waals surface area contributed by atoms with Gasteiger partial charge in [-0.1, -0.05) is 0 Å². The molecular weight excluding hydrogens is 196 g/mol. The Hall–Kier alpha value is -2.04. The molecular formula is C10H10N2O3. The summed E-state index contributed by atoms with van der Waals surface area (Å²) in [5.41, 5.74) is 3.33. The van der Waals surface area contributed by atoms with Crippen LogP contribution in [0.2, 0.25) is 0 Å². The molecule has 2 rings (SSSR count). The summed E-state index contributed by atoms with van der Waals surface area (Å²) in [5.74, 6) is 0.694. The molecule has 5 nitrogen and oxygen atoms in total. The first-order valence-corrected chi connectivity index (χ1v) is 4.45. The van der Waals surface area contributed by atoms with Crippen LogP contribution in [0.4, 0.5) is 0 Å². The van der Waals surface area contributed by atoms with Crippen LogP contribution in [-0.2, 0) is 9.53 Å². The van der Waals surface area contributed by atoms with E-state index >= 15 is 0 Å². The van der Waals surface area contributed by atoms with E-state index in [2.05, 4.69) is 10.5 Å². The molecule has 1 aliphatic heterocycles. The highest BCUT2D eigenvalue weighted by atomic mass is 16.5. The van der Waals surface area contributed by atoms with Gasteiger partial charge in [0.1, 0.15) is 12.3 Å². The van der Waals surface area contributed by atoms with Crippen molar-refractivity contribution in [2.24, 2.45) is 5.10 Å². The standard InChI is InChI=1S/C10H10N2O3/c1-14-8-4-2-7(3-5-8)10-12-11-6-9(13)15-10/h2-5,11H,6H2,1H3. The molecule has 1 heterocycles. The van der Waals surface area contributed by atoms with Gasteiger partial charge in [-0.05, 0) is 24.3 Å². The van der Waals surface area contributed by atoms with Gasteiger partial charge in [-0.3, -0.25) is 5.43 Å². The van der Waals surface area contributed by atoms with Gasteiger partial charge >= 0.3 is 5.97 Å². The average molecular weight is 206 g/mol. The molecule has 0 fully saturated rings. The molecule has 0 aliphatic carbocycles. The number of hydrogen-bond donors (Lipinski definition) is 1. The van der Waals surface area contributed by atoms with E-state index in [1.54, 1.807) is 31.4 Å². The lowest BCUT2D eigenvalue weighted by molar-refractivity contribution is -0.135. The fourth-order valence-electron chi connectivity index (χ4n) is 1.20. The summed E-state index contributed by atoms with van der Waals surface area (Å²) < 4.78 is 9.97. The Bertz CT molecular complexity index is 398. The lowest BCUT2D eigenvalue weighted by Crippen LogP contribution is -2.31. The number of methoxy groups -OCH3 is 1. The third-order valence-corrected chi connectivity index (χ3v) is 1.95. The van der Waals surface area contributed by atoms with E-state index in [9.17, 15) is 4.79 Å². The minimum absolute atomic E-state index is 0.111. The number of cyclic esters (lactones) is 1. The Morgan fingerprint density at radius 1 is 1.40 bits per heavy atom. The molecule has 5 heteroatoms. The minimum Gasteiger partial charge on any atom is -0.497 e. The zero-order chi connectivity index (χ0) is 10.7. The Kier molecular flexibility index (Phi) is 2.53. The van der Waals surface area contributed by atoms with E-state index in [-0.39, 0.29) is 18.4 Å². The van der Waals surface area contributed by atoms with Crippen molar-refractivity contribution in [3.05, 3.63) is 29.8 Å². The number of esters is 1. The number of hydrogen-bond acceptors (Lipinski definition) is 5. The summed E-state index contributed by atoms with van der Waals surface area (Å²) in [5, 5.41) is 3.89. The zero-order valence-corrected chi connectivity index (χ0v) is 8.19. The number of ether oxygens (including phenoxy) is 2. The molecule has 1 aromatic carbocycles. The van der Waals surface area contributed by atoms with Gasteiger partial charge in [-0.2, -0.15) is 0 Å². The normalized spacial score (nSPS) is 15.0. The van der Waals surface area contributed by atoms with E-state index in [1.165, 1.54) is 0 Å². The SMILES string of the molecule is COc1ccc(C2=NNCC(=O)O2)cc1. The Morgan fingerprint density at radius 2 is 2.13 bits per heavy atom. The van der Waals surface area contributed by atoms with Gasteiger partial charge in [0, 0.05) is 5.56 Å². The minimum atomic E-state index is -0.337. The largest absolute Gasteiger partial charge is 0.497 e. The van der Waals surface area contributed by atoms with Crippen molar-refractivity contribution in [2.75, 3.05) is 13.7 Å². The van der Waals surface area contributed by atoms with Gasteiger partial charge in [0.15, 0.2) is 0 Å². The first kappa shape index (κ1) is 9.51. The van der Waals surface area contributed by atoms with Crippen LogP contribution >= 0.6 is 0 Å². The number of hydrazone groups is 1. The van der Waals surface area contributed by atoms with Crippen molar-refractivity contribution >= 4 is 11.9 Å². The number of nitrogens with one attached hydrogen (secondary N) is 1. The molecule has 0 saturated carbocycles. The third kappa shape index (κ3) is 2.07. The first-order valence-electron chi connectivity index (χ1n) is 4.45. The van der Waals surface area contributed by atoms with E-state index in [0.29, 0.717) is 0 Å². The number of rotatable bonds is 2. The van der Waals surface area contributed by atoms with E-state index in [0.717, 1.165) is 11.3 Å². The van der Waals surface area contributed by atoms with Crippen LogP contribution in [0.25, 0.3) is 0 Å². The fourth-order valence-corrected chi connectivity index (χ4v) is 1.20. The topological polar surface area (TPSA) is 59.9 Å². The summed E-state index contributed by atoms with van der Waals surface area (Å²) in [6.07, 6.45) is 0. The molecule has 0 radical (unpaired) electrons. The molecule has 0 spiro atoms.